The number of hydrogen-bond donors (Lipinski definition) is 1. The van der Waals surface area contributed by atoms with Gasteiger partial charge >= 0.3 is 0 Å². The molecule has 0 atom stereocenters. The third-order valence-electron chi connectivity index (χ3n) is 2.92. The summed E-state index contributed by atoms with van der Waals surface area (Å²) in [5.41, 5.74) is 1.66. The van der Waals surface area contributed by atoms with Gasteiger partial charge in [-0.3, -0.25) is 0 Å². The van der Waals surface area contributed by atoms with Gasteiger partial charge in [0.1, 0.15) is 5.82 Å². The molecule has 0 aliphatic rings. The summed E-state index contributed by atoms with van der Waals surface area (Å²) < 4.78 is 13.9. The van der Waals surface area contributed by atoms with Crippen LogP contribution in [0.25, 0.3) is 0 Å². The molecular formula is C14H23FN2. The third kappa shape index (κ3) is 4.00. The second-order valence-electron chi connectivity index (χ2n) is 4.67. The van der Waals surface area contributed by atoms with E-state index in [-0.39, 0.29) is 5.82 Å². The van der Waals surface area contributed by atoms with Gasteiger partial charge in [-0.15, -0.1) is 0 Å². The zero-order valence-corrected chi connectivity index (χ0v) is 11.3. The lowest BCUT2D eigenvalue weighted by molar-refractivity contribution is 0.607. The first-order chi connectivity index (χ1) is 8.06. The van der Waals surface area contributed by atoms with Gasteiger partial charge in [0.05, 0.1) is 5.69 Å². The number of nitrogens with one attached hydrogen (secondary N) is 1. The molecule has 0 saturated heterocycles. The molecule has 1 rings (SSSR count). The van der Waals surface area contributed by atoms with Gasteiger partial charge in [0.15, 0.2) is 0 Å². The molecule has 2 nitrogen and oxygen atoms in total. The Morgan fingerprint density at radius 3 is 2.59 bits per heavy atom. The van der Waals surface area contributed by atoms with Crippen molar-refractivity contribution in [2.24, 2.45) is 0 Å². The molecule has 0 amide bonds. The van der Waals surface area contributed by atoms with Crippen LogP contribution in [0.1, 0.15) is 32.8 Å². The highest BCUT2D eigenvalue weighted by Gasteiger charge is 2.10. The predicted molar refractivity (Wildman–Crippen MR) is 71.9 cm³/mol. The molecule has 96 valence electrons. The van der Waals surface area contributed by atoms with Gasteiger partial charge in [-0.25, -0.2) is 4.39 Å². The Kier molecular flexibility index (Phi) is 5.42. The lowest BCUT2D eigenvalue weighted by Crippen LogP contribution is -2.26. The van der Waals surface area contributed by atoms with Gasteiger partial charge in [0.2, 0.25) is 0 Å². The molecular weight excluding hydrogens is 215 g/mol. The molecule has 3 heteroatoms. The number of nitrogens with zero attached hydrogens (tertiary/aromatic N) is 1. The van der Waals surface area contributed by atoms with Crippen LogP contribution < -0.4 is 10.2 Å². The molecule has 1 aromatic carbocycles. The predicted octanol–water partition coefficient (Wildman–Crippen LogP) is 3.17. The van der Waals surface area contributed by atoms with Crippen LogP contribution in [0, 0.1) is 5.82 Å². The Morgan fingerprint density at radius 2 is 2.06 bits per heavy atom. The Balaban J connectivity index is 2.72. The van der Waals surface area contributed by atoms with Gasteiger partial charge in [0.25, 0.3) is 0 Å². The summed E-state index contributed by atoms with van der Waals surface area (Å²) in [6.07, 6.45) is 1.09. The van der Waals surface area contributed by atoms with Gasteiger partial charge < -0.3 is 10.2 Å². The monoisotopic (exact) mass is 238 g/mol. The summed E-state index contributed by atoms with van der Waals surface area (Å²) in [5.74, 6) is -0.142. The van der Waals surface area contributed by atoms with Crippen LogP contribution in [0.15, 0.2) is 18.2 Å². The molecule has 17 heavy (non-hydrogen) atoms. The zero-order chi connectivity index (χ0) is 12.8. The Labute approximate surface area is 104 Å². The van der Waals surface area contributed by atoms with Crippen molar-refractivity contribution in [2.45, 2.75) is 39.8 Å². The molecule has 0 radical (unpaired) electrons. The molecule has 0 aliphatic carbocycles. The highest BCUT2D eigenvalue weighted by molar-refractivity contribution is 5.49. The van der Waals surface area contributed by atoms with Crippen LogP contribution in [-0.4, -0.2) is 19.6 Å². The van der Waals surface area contributed by atoms with Crippen LogP contribution >= 0.6 is 0 Å². The number of halogens is 1. The molecule has 0 saturated carbocycles. The van der Waals surface area contributed by atoms with Crippen LogP contribution in [-0.2, 0) is 6.54 Å². The maximum atomic E-state index is 13.9. The third-order valence-corrected chi connectivity index (χ3v) is 2.92. The topological polar surface area (TPSA) is 15.3 Å². The van der Waals surface area contributed by atoms with Gasteiger partial charge in [-0.2, -0.15) is 0 Å². The van der Waals surface area contributed by atoms with E-state index in [1.54, 1.807) is 6.07 Å². The average molecular weight is 238 g/mol. The van der Waals surface area contributed by atoms with Crippen molar-refractivity contribution < 1.29 is 4.39 Å². The van der Waals surface area contributed by atoms with Crippen molar-refractivity contribution >= 4 is 5.69 Å². The van der Waals surface area contributed by atoms with Crippen molar-refractivity contribution in [3.05, 3.63) is 29.6 Å². The van der Waals surface area contributed by atoms with Crippen LogP contribution in [0.3, 0.4) is 0 Å². The lowest BCUT2D eigenvalue weighted by atomic mass is 10.1. The van der Waals surface area contributed by atoms with Crippen LogP contribution in [0.4, 0.5) is 10.1 Å². The van der Waals surface area contributed by atoms with Crippen LogP contribution in [0.2, 0.25) is 0 Å². The zero-order valence-electron chi connectivity index (χ0n) is 11.3. The van der Waals surface area contributed by atoms with E-state index in [0.717, 1.165) is 25.1 Å². The molecule has 1 aromatic rings. The Bertz CT molecular complexity index is 350. The van der Waals surface area contributed by atoms with E-state index >= 15 is 0 Å². The summed E-state index contributed by atoms with van der Waals surface area (Å²) in [7, 11) is 1.91. The van der Waals surface area contributed by atoms with Gasteiger partial charge in [-0.05, 0) is 44.5 Å². The van der Waals surface area contributed by atoms with E-state index < -0.39 is 0 Å². The maximum Gasteiger partial charge on any atom is 0.146 e. The summed E-state index contributed by atoms with van der Waals surface area (Å²) in [4.78, 5) is 1.94. The Morgan fingerprint density at radius 1 is 1.35 bits per heavy atom. The minimum Gasteiger partial charge on any atom is -0.370 e. The fourth-order valence-corrected chi connectivity index (χ4v) is 1.63. The highest BCUT2D eigenvalue weighted by atomic mass is 19.1. The van der Waals surface area contributed by atoms with E-state index in [1.807, 2.05) is 24.1 Å². The first kappa shape index (κ1) is 14.0. The average Bonchev–Trinajstić information content (AvgIpc) is 2.28. The van der Waals surface area contributed by atoms with E-state index in [2.05, 4.69) is 26.1 Å². The molecule has 0 heterocycles. The first-order valence-electron chi connectivity index (χ1n) is 6.28. The molecule has 0 fully saturated rings. The summed E-state index contributed by atoms with van der Waals surface area (Å²) in [5, 5.41) is 3.27. The largest absolute Gasteiger partial charge is 0.370 e. The SMILES string of the molecule is CCCNCc1ccc(N(C)C(C)C)c(F)c1. The summed E-state index contributed by atoms with van der Waals surface area (Å²) in [6, 6.07) is 5.77. The van der Waals surface area contributed by atoms with Gasteiger partial charge in [0, 0.05) is 19.6 Å². The van der Waals surface area contributed by atoms with Crippen molar-refractivity contribution in [3.63, 3.8) is 0 Å². The molecule has 0 aliphatic heterocycles. The lowest BCUT2D eigenvalue weighted by Gasteiger charge is -2.24. The van der Waals surface area contributed by atoms with E-state index in [4.69, 9.17) is 0 Å². The van der Waals surface area contributed by atoms with Gasteiger partial charge in [-0.1, -0.05) is 13.0 Å². The van der Waals surface area contributed by atoms with Crippen LogP contribution in [0.5, 0.6) is 0 Å². The maximum absolute atomic E-state index is 13.9. The smallest absolute Gasteiger partial charge is 0.146 e. The Hall–Kier alpha value is -1.09. The molecule has 0 unspecified atom stereocenters. The minimum atomic E-state index is -0.142. The number of anilines is 1. The van der Waals surface area contributed by atoms with Crippen molar-refractivity contribution in [3.8, 4) is 0 Å². The number of rotatable bonds is 6. The summed E-state index contributed by atoms with van der Waals surface area (Å²) >= 11 is 0. The number of hydrogen-bond acceptors (Lipinski definition) is 2. The molecule has 1 N–H and O–H groups in total. The van der Waals surface area contributed by atoms with E-state index in [1.165, 1.54) is 0 Å². The second-order valence-corrected chi connectivity index (χ2v) is 4.67. The molecule has 0 spiro atoms. The fraction of sp³-hybridized carbons (Fsp3) is 0.571. The molecule has 0 bridgehead atoms. The quantitative estimate of drug-likeness (QED) is 0.766. The minimum absolute atomic E-state index is 0.142. The van der Waals surface area contributed by atoms with Crippen molar-refractivity contribution in [1.82, 2.24) is 5.32 Å². The normalized spacial score (nSPS) is 10.9. The first-order valence-corrected chi connectivity index (χ1v) is 6.28. The van der Waals surface area contributed by atoms with E-state index in [0.29, 0.717) is 11.7 Å². The molecule has 0 aromatic heterocycles. The highest BCUT2D eigenvalue weighted by Crippen LogP contribution is 2.21. The van der Waals surface area contributed by atoms with E-state index in [9.17, 15) is 4.39 Å². The number of benzene rings is 1. The van der Waals surface area contributed by atoms with Crippen molar-refractivity contribution in [2.75, 3.05) is 18.5 Å². The second kappa shape index (κ2) is 6.60. The fourth-order valence-electron chi connectivity index (χ4n) is 1.63. The van der Waals surface area contributed by atoms with Crippen molar-refractivity contribution in [1.29, 1.82) is 0 Å². The summed E-state index contributed by atoms with van der Waals surface area (Å²) in [6.45, 7) is 7.92. The standard InChI is InChI=1S/C14H23FN2/c1-5-8-16-10-12-6-7-14(13(15)9-12)17(4)11(2)3/h6-7,9,11,16H,5,8,10H2,1-4H3.